The predicted molar refractivity (Wildman–Crippen MR) is 132 cm³/mol. The van der Waals surface area contributed by atoms with Crippen molar-refractivity contribution < 1.29 is 19.4 Å². The molecule has 1 amide bonds. The molecule has 4 aromatic rings. The third-order valence-electron chi connectivity index (χ3n) is 4.50. The van der Waals surface area contributed by atoms with E-state index in [0.717, 1.165) is 11.1 Å². The molecule has 3 aromatic carbocycles. The van der Waals surface area contributed by atoms with E-state index in [-0.39, 0.29) is 18.8 Å². The van der Waals surface area contributed by atoms with Crippen LogP contribution in [0.4, 0.5) is 10.8 Å². The van der Waals surface area contributed by atoms with Crippen molar-refractivity contribution in [1.29, 1.82) is 0 Å². The zero-order chi connectivity index (χ0) is 23.3. The molecule has 10 heteroatoms. The summed E-state index contributed by atoms with van der Waals surface area (Å²) in [6.07, 6.45) is 1.53. The van der Waals surface area contributed by atoms with Gasteiger partial charge in [-0.15, -0.1) is 11.3 Å². The van der Waals surface area contributed by atoms with Gasteiger partial charge in [0.15, 0.2) is 11.7 Å². The molecule has 1 heterocycles. The number of nitrogens with zero attached hydrogens (tertiary/aromatic N) is 1. The number of hydrogen-bond acceptors (Lipinski definition) is 6. The first kappa shape index (κ1) is 22.8. The number of carbonyl (C=O) groups is 1. The molecule has 7 nitrogen and oxygen atoms in total. The van der Waals surface area contributed by atoms with Gasteiger partial charge in [-0.3, -0.25) is 9.52 Å². The highest BCUT2D eigenvalue weighted by Crippen LogP contribution is 2.24. The molecule has 0 bridgehead atoms. The summed E-state index contributed by atoms with van der Waals surface area (Å²) in [6, 6.07) is 20.5. The van der Waals surface area contributed by atoms with E-state index >= 15 is 0 Å². The summed E-state index contributed by atoms with van der Waals surface area (Å²) in [5.41, 5.74) is 2.34. The average Bonchev–Trinajstić information content (AvgIpc) is 3.32. The van der Waals surface area contributed by atoms with Crippen molar-refractivity contribution >= 4 is 49.7 Å². The van der Waals surface area contributed by atoms with Crippen LogP contribution < -0.4 is 14.8 Å². The molecule has 4 rings (SSSR count). The number of nitrogens with one attached hydrogen (secondary N) is 2. The van der Waals surface area contributed by atoms with Crippen molar-refractivity contribution in [3.63, 3.8) is 0 Å². The molecular weight excluding hydrogens is 482 g/mol. The molecule has 0 aliphatic carbocycles. The van der Waals surface area contributed by atoms with Crippen molar-refractivity contribution in [2.24, 2.45) is 0 Å². The van der Waals surface area contributed by atoms with Crippen molar-refractivity contribution in [1.82, 2.24) is 4.98 Å². The molecular formula is C23H20ClN3O4S2. The zero-order valence-electron chi connectivity index (χ0n) is 17.1. The van der Waals surface area contributed by atoms with Crippen LogP contribution in [-0.4, -0.2) is 25.9 Å². The normalized spacial score (nSPS) is 11.1. The number of carbonyl (C=O) groups excluding carboxylic acids is 1. The Labute approximate surface area is 201 Å². The van der Waals surface area contributed by atoms with Gasteiger partial charge in [0.1, 0.15) is 5.75 Å². The first-order valence-corrected chi connectivity index (χ1v) is 12.4. The molecule has 0 saturated heterocycles. The van der Waals surface area contributed by atoms with Gasteiger partial charge in [-0.05, 0) is 59.7 Å². The molecule has 0 unspecified atom stereocenters. The van der Waals surface area contributed by atoms with Crippen LogP contribution in [0.15, 0.2) is 89.3 Å². The van der Waals surface area contributed by atoms with E-state index in [0.29, 0.717) is 21.6 Å². The number of thiazole rings is 1. The predicted octanol–water partition coefficient (Wildman–Crippen LogP) is 5.53. The van der Waals surface area contributed by atoms with Crippen molar-refractivity contribution in [3.8, 4) is 16.9 Å². The van der Waals surface area contributed by atoms with Crippen LogP contribution in [0.25, 0.3) is 11.1 Å². The van der Waals surface area contributed by atoms with Crippen molar-refractivity contribution in [2.75, 3.05) is 16.6 Å². The SMILES string of the molecule is O=C(COc1ccc(Cl)cc1)Nc1ccc(-c2ccc(S(=O)(=O)Nc3nccs3)cc2)cc1.[HH]. The van der Waals surface area contributed by atoms with Crippen molar-refractivity contribution in [2.45, 2.75) is 4.90 Å². The number of benzene rings is 3. The largest absolute Gasteiger partial charge is 0.484 e. The maximum absolute atomic E-state index is 12.5. The highest BCUT2D eigenvalue weighted by molar-refractivity contribution is 7.93. The van der Waals surface area contributed by atoms with Gasteiger partial charge in [0, 0.05) is 23.7 Å². The molecule has 0 spiro atoms. The van der Waals surface area contributed by atoms with Gasteiger partial charge < -0.3 is 10.1 Å². The molecule has 0 radical (unpaired) electrons. The van der Waals surface area contributed by atoms with Crippen LogP contribution in [0, 0.1) is 0 Å². The second kappa shape index (κ2) is 10.0. The van der Waals surface area contributed by atoms with Crippen LogP contribution in [0.3, 0.4) is 0 Å². The van der Waals surface area contributed by atoms with Crippen LogP contribution in [-0.2, 0) is 14.8 Å². The zero-order valence-corrected chi connectivity index (χ0v) is 19.5. The van der Waals surface area contributed by atoms with Gasteiger partial charge in [0.2, 0.25) is 0 Å². The highest BCUT2D eigenvalue weighted by atomic mass is 35.5. The van der Waals surface area contributed by atoms with E-state index in [4.69, 9.17) is 16.3 Å². The number of rotatable bonds is 8. The second-order valence-electron chi connectivity index (χ2n) is 6.84. The lowest BCUT2D eigenvalue weighted by molar-refractivity contribution is -0.118. The monoisotopic (exact) mass is 501 g/mol. The minimum absolute atomic E-state index is 0. The topological polar surface area (TPSA) is 97.4 Å². The second-order valence-corrected chi connectivity index (χ2v) is 9.85. The quantitative estimate of drug-likeness (QED) is 0.331. The fourth-order valence-corrected chi connectivity index (χ4v) is 4.81. The van der Waals surface area contributed by atoms with Gasteiger partial charge in [0.05, 0.1) is 4.90 Å². The Morgan fingerprint density at radius 1 is 0.970 bits per heavy atom. The Kier molecular flexibility index (Phi) is 6.93. The number of amides is 1. The molecule has 1 aromatic heterocycles. The Morgan fingerprint density at radius 3 is 2.21 bits per heavy atom. The van der Waals surface area contributed by atoms with Gasteiger partial charge in [-0.1, -0.05) is 35.9 Å². The third-order valence-corrected chi connectivity index (χ3v) is 6.93. The highest BCUT2D eigenvalue weighted by Gasteiger charge is 2.15. The summed E-state index contributed by atoms with van der Waals surface area (Å²) in [4.78, 5) is 16.2. The van der Waals surface area contributed by atoms with Crippen LogP contribution in [0.5, 0.6) is 5.75 Å². The van der Waals surface area contributed by atoms with Gasteiger partial charge in [-0.2, -0.15) is 0 Å². The van der Waals surface area contributed by atoms with Gasteiger partial charge in [-0.25, -0.2) is 13.4 Å². The van der Waals surface area contributed by atoms with Crippen LogP contribution in [0.2, 0.25) is 5.02 Å². The fourth-order valence-electron chi connectivity index (χ4n) is 2.90. The van der Waals surface area contributed by atoms with E-state index in [1.165, 1.54) is 29.7 Å². The molecule has 0 fully saturated rings. The molecule has 170 valence electrons. The summed E-state index contributed by atoms with van der Waals surface area (Å²) in [6.45, 7) is -0.131. The maximum atomic E-state index is 12.5. The number of aromatic nitrogens is 1. The number of hydrogen-bond donors (Lipinski definition) is 2. The number of anilines is 2. The number of halogens is 1. The summed E-state index contributed by atoms with van der Waals surface area (Å²) >= 11 is 7.03. The lowest BCUT2D eigenvalue weighted by atomic mass is 10.1. The third kappa shape index (κ3) is 6.10. The minimum atomic E-state index is -3.70. The maximum Gasteiger partial charge on any atom is 0.263 e. The molecule has 0 aliphatic rings. The average molecular weight is 502 g/mol. The van der Waals surface area contributed by atoms with E-state index in [1.807, 2.05) is 12.1 Å². The summed E-state index contributed by atoms with van der Waals surface area (Å²) in [5.74, 6) is 0.261. The first-order chi connectivity index (χ1) is 15.9. The van der Waals surface area contributed by atoms with E-state index in [9.17, 15) is 13.2 Å². The lowest BCUT2D eigenvalue weighted by Crippen LogP contribution is -2.20. The molecule has 33 heavy (non-hydrogen) atoms. The van der Waals surface area contributed by atoms with Crippen molar-refractivity contribution in [3.05, 3.63) is 89.4 Å². The first-order valence-electron chi connectivity index (χ1n) is 9.70. The Bertz CT molecular complexity index is 1330. The van der Waals surface area contributed by atoms with Gasteiger partial charge in [0.25, 0.3) is 15.9 Å². The standard InChI is InChI=1S/C23H18ClN3O4S2.H2/c24-18-5-9-20(10-6-18)31-15-22(28)26-19-7-1-16(2-8-19)17-3-11-21(12-4-17)33(29,30)27-23-25-13-14-32-23;/h1-14H,15H2,(H,25,27)(H,26,28);1H. The summed E-state index contributed by atoms with van der Waals surface area (Å²) in [7, 11) is -3.70. The smallest absolute Gasteiger partial charge is 0.263 e. The van der Waals surface area contributed by atoms with Crippen LogP contribution in [0.1, 0.15) is 1.43 Å². The van der Waals surface area contributed by atoms with Crippen LogP contribution >= 0.6 is 22.9 Å². The lowest BCUT2D eigenvalue weighted by Gasteiger charge is -2.09. The van der Waals surface area contributed by atoms with E-state index in [2.05, 4.69) is 15.0 Å². The summed E-state index contributed by atoms with van der Waals surface area (Å²) in [5, 5.41) is 5.37. The summed E-state index contributed by atoms with van der Waals surface area (Å²) < 4.78 is 32.8. The van der Waals surface area contributed by atoms with Gasteiger partial charge >= 0.3 is 0 Å². The molecule has 0 atom stereocenters. The molecule has 0 aliphatic heterocycles. The fraction of sp³-hybridized carbons (Fsp3) is 0.0435. The molecule has 0 saturated carbocycles. The number of ether oxygens (including phenoxy) is 1. The minimum Gasteiger partial charge on any atom is -0.484 e. The van der Waals surface area contributed by atoms with E-state index in [1.54, 1.807) is 53.9 Å². The molecule has 2 N–H and O–H groups in total. The Hall–Kier alpha value is -3.40. The Morgan fingerprint density at radius 2 is 1.61 bits per heavy atom. The number of sulfonamides is 1. The Balaban J connectivity index is 0.00000324. The van der Waals surface area contributed by atoms with E-state index < -0.39 is 10.0 Å².